The van der Waals surface area contributed by atoms with Crippen LogP contribution in [-0.4, -0.2) is 63.6 Å². The van der Waals surface area contributed by atoms with Gasteiger partial charge in [0.15, 0.2) is 0 Å². The van der Waals surface area contributed by atoms with Crippen LogP contribution in [-0.2, 0) is 20.8 Å². The average Bonchev–Trinajstić information content (AvgIpc) is 2.84. The maximum Gasteiger partial charge on any atom is 0.337 e. The molecule has 0 amide bonds. The number of nitrogens with zero attached hydrogens (tertiary/aromatic N) is 1. The summed E-state index contributed by atoms with van der Waals surface area (Å²) < 4.78 is 26.9. The van der Waals surface area contributed by atoms with Gasteiger partial charge in [-0.3, -0.25) is 9.69 Å². The van der Waals surface area contributed by atoms with Gasteiger partial charge in [0.05, 0.1) is 36.8 Å². The van der Waals surface area contributed by atoms with Gasteiger partial charge < -0.3 is 28.5 Å². The zero-order chi connectivity index (χ0) is 24.7. The molecule has 0 radical (unpaired) electrons. The van der Waals surface area contributed by atoms with Crippen molar-refractivity contribution in [3.63, 3.8) is 0 Å². The van der Waals surface area contributed by atoms with E-state index in [1.54, 1.807) is 45.4 Å². The zero-order valence-corrected chi connectivity index (χ0v) is 19.8. The second kappa shape index (κ2) is 11.6. The number of fused-ring (bicyclic) bond motifs is 1. The van der Waals surface area contributed by atoms with E-state index >= 15 is 0 Å². The van der Waals surface area contributed by atoms with E-state index in [1.807, 2.05) is 4.90 Å². The highest BCUT2D eigenvalue weighted by molar-refractivity contribution is 5.89. The standard InChI is InChI=1S/C25H29NO8/c1-16-23(34-18-7-5-17(6-8-18)25(29)32-4)22(28)19-9-10-21(27)20(24(19)33-16)15-26(11-13-30-2)12-14-31-3/h5-10,27H,11-15H2,1-4H3. The number of carbonyl (C=O) groups excluding carboxylic acids is 1. The first-order valence-electron chi connectivity index (χ1n) is 10.7. The summed E-state index contributed by atoms with van der Waals surface area (Å²) in [6, 6.07) is 9.22. The van der Waals surface area contributed by atoms with Crippen LogP contribution in [0.2, 0.25) is 0 Å². The Morgan fingerprint density at radius 3 is 2.24 bits per heavy atom. The molecule has 0 atom stereocenters. The van der Waals surface area contributed by atoms with Crippen LogP contribution >= 0.6 is 0 Å². The summed E-state index contributed by atoms with van der Waals surface area (Å²) in [4.78, 5) is 26.9. The maximum atomic E-state index is 13.3. The van der Waals surface area contributed by atoms with Crippen molar-refractivity contribution >= 4 is 16.9 Å². The van der Waals surface area contributed by atoms with Crippen LogP contribution in [0, 0.1) is 6.92 Å². The van der Waals surface area contributed by atoms with Gasteiger partial charge in [-0.15, -0.1) is 0 Å². The molecule has 34 heavy (non-hydrogen) atoms. The second-order valence-corrected chi connectivity index (χ2v) is 7.64. The molecular weight excluding hydrogens is 442 g/mol. The van der Waals surface area contributed by atoms with Gasteiger partial charge in [0.1, 0.15) is 22.8 Å². The fourth-order valence-electron chi connectivity index (χ4n) is 3.49. The lowest BCUT2D eigenvalue weighted by molar-refractivity contribution is 0.0600. The van der Waals surface area contributed by atoms with E-state index in [-0.39, 0.29) is 28.1 Å². The van der Waals surface area contributed by atoms with Gasteiger partial charge in [-0.1, -0.05) is 0 Å². The van der Waals surface area contributed by atoms with Crippen molar-refractivity contribution < 1.29 is 33.3 Å². The van der Waals surface area contributed by atoms with Crippen molar-refractivity contribution in [2.75, 3.05) is 47.6 Å². The van der Waals surface area contributed by atoms with E-state index in [0.29, 0.717) is 55.3 Å². The summed E-state index contributed by atoms with van der Waals surface area (Å²) in [5, 5.41) is 10.9. The highest BCUT2D eigenvalue weighted by atomic mass is 16.5. The Morgan fingerprint density at radius 1 is 1.00 bits per heavy atom. The van der Waals surface area contributed by atoms with Crippen LogP contribution in [0.4, 0.5) is 0 Å². The lowest BCUT2D eigenvalue weighted by Crippen LogP contribution is -2.30. The normalized spacial score (nSPS) is 11.2. The SMILES string of the molecule is COCCN(CCOC)Cc1c(O)ccc2c(=O)c(Oc3ccc(C(=O)OC)cc3)c(C)oc12. The van der Waals surface area contributed by atoms with Gasteiger partial charge in [-0.05, 0) is 43.3 Å². The van der Waals surface area contributed by atoms with Crippen molar-refractivity contribution in [1.29, 1.82) is 0 Å². The molecule has 2 aromatic carbocycles. The number of phenolic OH excluding ortho intramolecular Hbond substituents is 1. The molecule has 9 nitrogen and oxygen atoms in total. The third-order valence-corrected chi connectivity index (χ3v) is 5.36. The zero-order valence-electron chi connectivity index (χ0n) is 19.8. The van der Waals surface area contributed by atoms with Crippen LogP contribution < -0.4 is 10.2 Å². The van der Waals surface area contributed by atoms with Crippen LogP contribution in [0.1, 0.15) is 21.7 Å². The number of ether oxygens (including phenoxy) is 4. The minimum atomic E-state index is -0.467. The van der Waals surface area contributed by atoms with Gasteiger partial charge in [0.2, 0.25) is 11.2 Å². The third-order valence-electron chi connectivity index (χ3n) is 5.36. The lowest BCUT2D eigenvalue weighted by atomic mass is 10.1. The number of rotatable bonds is 11. The first-order valence-corrected chi connectivity index (χ1v) is 10.7. The van der Waals surface area contributed by atoms with E-state index in [1.165, 1.54) is 19.2 Å². The monoisotopic (exact) mass is 471 g/mol. The van der Waals surface area contributed by atoms with Crippen molar-refractivity contribution in [3.8, 4) is 17.2 Å². The summed E-state index contributed by atoms with van der Waals surface area (Å²) >= 11 is 0. The van der Waals surface area contributed by atoms with E-state index in [2.05, 4.69) is 4.74 Å². The summed E-state index contributed by atoms with van der Waals surface area (Å²) in [5.41, 5.74) is 0.802. The molecule has 0 saturated carbocycles. The molecule has 1 heterocycles. The fraction of sp³-hybridized carbons (Fsp3) is 0.360. The van der Waals surface area contributed by atoms with E-state index in [4.69, 9.17) is 18.6 Å². The number of hydrogen-bond donors (Lipinski definition) is 1. The molecule has 0 unspecified atom stereocenters. The molecule has 0 fully saturated rings. The largest absolute Gasteiger partial charge is 0.507 e. The quantitative estimate of drug-likeness (QED) is 0.421. The van der Waals surface area contributed by atoms with E-state index in [0.717, 1.165) is 0 Å². The molecule has 0 aliphatic heterocycles. The van der Waals surface area contributed by atoms with Gasteiger partial charge in [-0.2, -0.15) is 0 Å². The van der Waals surface area contributed by atoms with Crippen LogP contribution in [0.3, 0.4) is 0 Å². The minimum Gasteiger partial charge on any atom is -0.507 e. The second-order valence-electron chi connectivity index (χ2n) is 7.64. The molecule has 3 aromatic rings. The number of carbonyl (C=O) groups is 1. The molecule has 9 heteroatoms. The number of phenols is 1. The van der Waals surface area contributed by atoms with Crippen molar-refractivity contribution in [2.45, 2.75) is 13.5 Å². The van der Waals surface area contributed by atoms with E-state index in [9.17, 15) is 14.7 Å². The molecule has 1 N–H and O–H groups in total. The molecular formula is C25H29NO8. The molecule has 0 bridgehead atoms. The predicted molar refractivity (Wildman–Crippen MR) is 126 cm³/mol. The van der Waals surface area contributed by atoms with Crippen molar-refractivity contribution in [3.05, 3.63) is 63.5 Å². The molecule has 0 aliphatic rings. The van der Waals surface area contributed by atoms with Crippen LogP contribution in [0.15, 0.2) is 45.6 Å². The Bertz CT molecular complexity index is 1180. The molecule has 0 aliphatic carbocycles. The minimum absolute atomic E-state index is 0.0296. The Balaban J connectivity index is 1.96. The number of hydrogen-bond acceptors (Lipinski definition) is 9. The number of aryl methyl sites for hydroxylation is 1. The number of benzene rings is 2. The van der Waals surface area contributed by atoms with Crippen molar-refractivity contribution in [2.24, 2.45) is 0 Å². The van der Waals surface area contributed by atoms with Gasteiger partial charge in [-0.25, -0.2) is 4.79 Å². The highest BCUT2D eigenvalue weighted by Gasteiger charge is 2.20. The number of aromatic hydroxyl groups is 1. The molecule has 0 saturated heterocycles. The number of esters is 1. The lowest BCUT2D eigenvalue weighted by Gasteiger charge is -2.22. The Labute approximate surface area is 197 Å². The average molecular weight is 472 g/mol. The predicted octanol–water partition coefficient (Wildman–Crippen LogP) is 3.48. The maximum absolute atomic E-state index is 13.3. The van der Waals surface area contributed by atoms with E-state index < -0.39 is 5.97 Å². The van der Waals surface area contributed by atoms with Crippen LogP contribution in [0.5, 0.6) is 17.2 Å². The summed E-state index contributed by atoms with van der Waals surface area (Å²) in [7, 11) is 4.55. The Kier molecular flexibility index (Phi) is 8.64. The fourth-order valence-corrected chi connectivity index (χ4v) is 3.49. The summed E-state index contributed by atoms with van der Waals surface area (Å²) in [5.74, 6) is 0.228. The highest BCUT2D eigenvalue weighted by Crippen LogP contribution is 2.31. The van der Waals surface area contributed by atoms with Gasteiger partial charge >= 0.3 is 5.97 Å². The Hall–Kier alpha value is -3.40. The first kappa shape index (κ1) is 25.2. The summed E-state index contributed by atoms with van der Waals surface area (Å²) in [6.07, 6.45) is 0. The third kappa shape index (κ3) is 5.74. The van der Waals surface area contributed by atoms with Gasteiger partial charge in [0, 0.05) is 33.9 Å². The topological polar surface area (TPSA) is 108 Å². The smallest absolute Gasteiger partial charge is 0.337 e. The first-order chi connectivity index (χ1) is 16.4. The van der Waals surface area contributed by atoms with Crippen LogP contribution in [0.25, 0.3) is 11.0 Å². The van der Waals surface area contributed by atoms with Gasteiger partial charge in [0.25, 0.3) is 0 Å². The molecule has 0 spiro atoms. The number of methoxy groups -OCH3 is 3. The molecule has 1 aromatic heterocycles. The Morgan fingerprint density at radius 2 is 1.65 bits per heavy atom. The molecule has 3 rings (SSSR count). The van der Waals surface area contributed by atoms with Crippen molar-refractivity contribution in [1.82, 2.24) is 4.90 Å². The molecule has 182 valence electrons. The summed E-state index contributed by atoms with van der Waals surface area (Å²) in [6.45, 7) is 4.20.